The zero-order valence-corrected chi connectivity index (χ0v) is 6.17. The minimum Gasteiger partial charge on any atom is -0.396 e. The van der Waals surface area contributed by atoms with Crippen molar-refractivity contribution in [3.8, 4) is 0 Å². The molecule has 9 heavy (non-hydrogen) atoms. The molecule has 0 amide bonds. The lowest BCUT2D eigenvalue weighted by molar-refractivity contribution is 0.227. The number of aliphatic hydroxyl groups excluding tert-OH is 1. The molecule has 1 saturated heterocycles. The molecule has 1 heterocycles. The van der Waals surface area contributed by atoms with Gasteiger partial charge < -0.3 is 10.0 Å². The summed E-state index contributed by atoms with van der Waals surface area (Å²) in [6, 6.07) is 0.669. The van der Waals surface area contributed by atoms with Gasteiger partial charge in [-0.15, -0.1) is 0 Å². The van der Waals surface area contributed by atoms with Crippen molar-refractivity contribution in [1.29, 1.82) is 0 Å². The van der Waals surface area contributed by atoms with Gasteiger partial charge in [0.2, 0.25) is 0 Å². The van der Waals surface area contributed by atoms with Crippen LogP contribution in [0.25, 0.3) is 0 Å². The highest BCUT2D eigenvalue weighted by atomic mass is 16.3. The molecule has 0 aromatic carbocycles. The zero-order chi connectivity index (χ0) is 6.85. The van der Waals surface area contributed by atoms with E-state index >= 15 is 0 Å². The van der Waals surface area contributed by atoms with Crippen molar-refractivity contribution in [3.63, 3.8) is 0 Å². The topological polar surface area (TPSA) is 23.5 Å². The minimum atomic E-state index is 0.356. The Morgan fingerprint density at radius 2 is 2.33 bits per heavy atom. The maximum atomic E-state index is 8.77. The van der Waals surface area contributed by atoms with Crippen molar-refractivity contribution >= 4 is 0 Å². The van der Waals surface area contributed by atoms with E-state index in [0.29, 0.717) is 18.6 Å². The number of aliphatic hydroxyl groups is 1. The Morgan fingerprint density at radius 3 is 2.56 bits per heavy atom. The molecule has 2 nitrogen and oxygen atoms in total. The van der Waals surface area contributed by atoms with Gasteiger partial charge in [0.25, 0.3) is 0 Å². The first-order valence-electron chi connectivity index (χ1n) is 3.55. The van der Waals surface area contributed by atoms with Gasteiger partial charge in [0.05, 0.1) is 0 Å². The predicted molar refractivity (Wildman–Crippen MR) is 37.3 cm³/mol. The Hall–Kier alpha value is -0.0800. The fraction of sp³-hybridized carbons (Fsp3) is 1.00. The SMILES string of the molecule is CC1CC(CO)CN1C. The number of nitrogens with zero attached hydrogens (tertiary/aromatic N) is 1. The summed E-state index contributed by atoms with van der Waals surface area (Å²) in [5.41, 5.74) is 0. The van der Waals surface area contributed by atoms with E-state index in [1.54, 1.807) is 0 Å². The van der Waals surface area contributed by atoms with Crippen LogP contribution in [-0.4, -0.2) is 36.2 Å². The van der Waals surface area contributed by atoms with Crippen LogP contribution >= 0.6 is 0 Å². The molecule has 0 saturated carbocycles. The molecule has 0 aromatic heterocycles. The lowest BCUT2D eigenvalue weighted by Gasteiger charge is -2.12. The Kier molecular flexibility index (Phi) is 2.09. The molecule has 1 fully saturated rings. The van der Waals surface area contributed by atoms with Gasteiger partial charge >= 0.3 is 0 Å². The van der Waals surface area contributed by atoms with Crippen LogP contribution in [-0.2, 0) is 0 Å². The summed E-state index contributed by atoms with van der Waals surface area (Å²) >= 11 is 0. The minimum absolute atomic E-state index is 0.356. The number of hydrogen-bond donors (Lipinski definition) is 1. The quantitative estimate of drug-likeness (QED) is 0.551. The normalized spacial score (nSPS) is 37.7. The van der Waals surface area contributed by atoms with Crippen molar-refractivity contribution in [2.24, 2.45) is 5.92 Å². The molecule has 0 aliphatic carbocycles. The van der Waals surface area contributed by atoms with Crippen molar-refractivity contribution in [1.82, 2.24) is 4.90 Å². The number of hydrogen-bond acceptors (Lipinski definition) is 2. The highest BCUT2D eigenvalue weighted by Crippen LogP contribution is 2.19. The molecule has 1 aliphatic heterocycles. The summed E-state index contributed by atoms with van der Waals surface area (Å²) in [6.45, 7) is 3.63. The molecule has 0 spiro atoms. The van der Waals surface area contributed by atoms with Crippen molar-refractivity contribution < 1.29 is 5.11 Å². The highest BCUT2D eigenvalue weighted by molar-refractivity contribution is 4.78. The average molecular weight is 129 g/mol. The van der Waals surface area contributed by atoms with E-state index in [1.807, 2.05) is 0 Å². The first-order chi connectivity index (χ1) is 4.24. The van der Waals surface area contributed by atoms with Gasteiger partial charge in [-0.1, -0.05) is 0 Å². The summed E-state index contributed by atoms with van der Waals surface area (Å²) in [5, 5.41) is 8.77. The van der Waals surface area contributed by atoms with E-state index in [-0.39, 0.29) is 0 Å². The standard InChI is InChI=1S/C7H15NO/c1-6-3-7(5-9)4-8(6)2/h6-7,9H,3-5H2,1-2H3. The third-order valence-corrected chi connectivity index (χ3v) is 2.23. The van der Waals surface area contributed by atoms with Gasteiger partial charge in [-0.05, 0) is 26.3 Å². The lowest BCUT2D eigenvalue weighted by Crippen LogP contribution is -2.21. The van der Waals surface area contributed by atoms with Crippen molar-refractivity contribution in [2.75, 3.05) is 20.2 Å². The van der Waals surface area contributed by atoms with Gasteiger partial charge in [0.1, 0.15) is 0 Å². The number of likely N-dealkylation sites (tertiary alicyclic amines) is 1. The molecular weight excluding hydrogens is 114 g/mol. The average Bonchev–Trinajstić information content (AvgIpc) is 2.13. The molecule has 2 heteroatoms. The van der Waals surface area contributed by atoms with Gasteiger partial charge in [-0.2, -0.15) is 0 Å². The first-order valence-corrected chi connectivity index (χ1v) is 3.55. The van der Waals surface area contributed by atoms with Crippen LogP contribution in [0.15, 0.2) is 0 Å². The van der Waals surface area contributed by atoms with Crippen molar-refractivity contribution in [3.05, 3.63) is 0 Å². The zero-order valence-electron chi connectivity index (χ0n) is 6.17. The molecule has 2 unspecified atom stereocenters. The fourth-order valence-electron chi connectivity index (χ4n) is 1.46. The molecule has 2 atom stereocenters. The van der Waals surface area contributed by atoms with Crippen LogP contribution in [0.1, 0.15) is 13.3 Å². The molecule has 54 valence electrons. The Balaban J connectivity index is 2.35. The predicted octanol–water partition coefficient (Wildman–Crippen LogP) is 0.319. The summed E-state index contributed by atoms with van der Waals surface area (Å²) in [5.74, 6) is 0.532. The van der Waals surface area contributed by atoms with Crippen LogP contribution in [0.5, 0.6) is 0 Å². The van der Waals surface area contributed by atoms with Gasteiger partial charge in [0.15, 0.2) is 0 Å². The Morgan fingerprint density at radius 1 is 1.67 bits per heavy atom. The fourth-order valence-corrected chi connectivity index (χ4v) is 1.46. The monoisotopic (exact) mass is 129 g/mol. The molecule has 1 aliphatic rings. The molecule has 0 aromatic rings. The highest BCUT2D eigenvalue weighted by Gasteiger charge is 2.24. The van der Waals surface area contributed by atoms with E-state index < -0.39 is 0 Å². The molecular formula is C7H15NO. The van der Waals surface area contributed by atoms with Gasteiger partial charge in [-0.3, -0.25) is 0 Å². The van der Waals surface area contributed by atoms with Gasteiger partial charge in [0, 0.05) is 19.2 Å². The van der Waals surface area contributed by atoms with Crippen LogP contribution in [0.4, 0.5) is 0 Å². The van der Waals surface area contributed by atoms with Crippen LogP contribution < -0.4 is 0 Å². The van der Waals surface area contributed by atoms with E-state index in [0.717, 1.165) is 13.0 Å². The van der Waals surface area contributed by atoms with Crippen molar-refractivity contribution in [2.45, 2.75) is 19.4 Å². The second-order valence-corrected chi connectivity index (χ2v) is 3.07. The lowest BCUT2D eigenvalue weighted by atomic mass is 10.1. The van der Waals surface area contributed by atoms with Crippen LogP contribution in [0, 0.1) is 5.92 Å². The van der Waals surface area contributed by atoms with E-state index in [2.05, 4.69) is 18.9 Å². The second kappa shape index (κ2) is 2.67. The largest absolute Gasteiger partial charge is 0.396 e. The Labute approximate surface area is 56.5 Å². The third-order valence-electron chi connectivity index (χ3n) is 2.23. The van der Waals surface area contributed by atoms with E-state index in [9.17, 15) is 0 Å². The smallest absolute Gasteiger partial charge is 0.0472 e. The summed E-state index contributed by atoms with van der Waals surface area (Å²) in [6.07, 6.45) is 1.16. The molecule has 0 radical (unpaired) electrons. The summed E-state index contributed by atoms with van der Waals surface area (Å²) in [4.78, 5) is 2.29. The van der Waals surface area contributed by atoms with Crippen LogP contribution in [0.2, 0.25) is 0 Å². The van der Waals surface area contributed by atoms with E-state index in [4.69, 9.17) is 5.11 Å². The third kappa shape index (κ3) is 1.43. The Bertz CT molecular complexity index is 84.9. The number of rotatable bonds is 1. The molecule has 0 bridgehead atoms. The maximum Gasteiger partial charge on any atom is 0.0472 e. The van der Waals surface area contributed by atoms with Gasteiger partial charge in [-0.25, -0.2) is 0 Å². The second-order valence-electron chi connectivity index (χ2n) is 3.07. The molecule has 1 N–H and O–H groups in total. The summed E-state index contributed by atoms with van der Waals surface area (Å²) in [7, 11) is 2.11. The summed E-state index contributed by atoms with van der Waals surface area (Å²) < 4.78 is 0. The maximum absolute atomic E-state index is 8.77. The van der Waals surface area contributed by atoms with E-state index in [1.165, 1.54) is 0 Å². The van der Waals surface area contributed by atoms with Crippen LogP contribution in [0.3, 0.4) is 0 Å². The first kappa shape index (κ1) is 7.03. The molecule has 1 rings (SSSR count).